The Balaban J connectivity index is 1.61. The SMILES string of the molecule is Cc1cccc2cc(CN(Cc3ccco3)C(=S)N[C@H](C)c3ccccc3)c(=O)[nH]c12. The van der Waals surface area contributed by atoms with Crippen molar-refractivity contribution in [2.75, 3.05) is 0 Å². The topological polar surface area (TPSA) is 61.3 Å². The van der Waals surface area contributed by atoms with Gasteiger partial charge in [0.15, 0.2) is 5.11 Å². The van der Waals surface area contributed by atoms with E-state index in [9.17, 15) is 4.79 Å². The Kier molecular flexibility index (Phi) is 6.18. The molecule has 0 saturated heterocycles. The maximum Gasteiger partial charge on any atom is 0.253 e. The summed E-state index contributed by atoms with van der Waals surface area (Å²) in [5, 5.41) is 4.97. The van der Waals surface area contributed by atoms with Gasteiger partial charge in [-0.3, -0.25) is 4.79 Å². The fourth-order valence-electron chi connectivity index (χ4n) is 3.64. The van der Waals surface area contributed by atoms with Crippen molar-refractivity contribution in [1.82, 2.24) is 15.2 Å². The molecule has 2 aromatic carbocycles. The Hall–Kier alpha value is -3.38. The minimum absolute atomic E-state index is 0.0327. The molecule has 31 heavy (non-hydrogen) atoms. The Labute approximate surface area is 186 Å². The molecule has 158 valence electrons. The molecule has 0 aliphatic rings. The molecule has 1 atom stereocenters. The minimum atomic E-state index is -0.106. The van der Waals surface area contributed by atoms with Gasteiger partial charge in [0, 0.05) is 5.56 Å². The molecule has 2 N–H and O–H groups in total. The standard InChI is InChI=1S/C25H25N3O2S/c1-17-8-6-11-20-14-21(24(29)27-23(17)20)15-28(16-22-12-7-13-30-22)25(31)26-18(2)19-9-4-3-5-10-19/h3-14,18H,15-16H2,1-2H3,(H,26,31)(H,27,29)/t18-/m1/s1. The molecule has 0 saturated carbocycles. The fourth-order valence-corrected chi connectivity index (χ4v) is 3.95. The number of pyridine rings is 1. The van der Waals surface area contributed by atoms with E-state index in [2.05, 4.69) is 29.4 Å². The van der Waals surface area contributed by atoms with Gasteiger partial charge in [-0.1, -0.05) is 48.5 Å². The van der Waals surface area contributed by atoms with Crippen molar-refractivity contribution < 1.29 is 4.42 Å². The first kappa shape index (κ1) is 20.9. The first-order valence-electron chi connectivity index (χ1n) is 10.3. The Morgan fingerprint density at radius 3 is 2.65 bits per heavy atom. The molecule has 4 rings (SSSR count). The average Bonchev–Trinajstić information content (AvgIpc) is 3.28. The molecular weight excluding hydrogens is 406 g/mol. The quantitative estimate of drug-likeness (QED) is 0.418. The third-order valence-electron chi connectivity index (χ3n) is 5.38. The maximum atomic E-state index is 12.8. The molecule has 0 spiro atoms. The van der Waals surface area contributed by atoms with Crippen LogP contribution in [0.25, 0.3) is 10.9 Å². The second-order valence-corrected chi connectivity index (χ2v) is 8.07. The van der Waals surface area contributed by atoms with Crippen LogP contribution in [0.15, 0.2) is 82.2 Å². The first-order valence-corrected chi connectivity index (χ1v) is 10.7. The van der Waals surface area contributed by atoms with Gasteiger partial charge in [-0.2, -0.15) is 0 Å². The summed E-state index contributed by atoms with van der Waals surface area (Å²) < 4.78 is 5.54. The third-order valence-corrected chi connectivity index (χ3v) is 5.76. The summed E-state index contributed by atoms with van der Waals surface area (Å²) >= 11 is 5.74. The van der Waals surface area contributed by atoms with Crippen LogP contribution in [0.3, 0.4) is 0 Å². The average molecular weight is 432 g/mol. The van der Waals surface area contributed by atoms with Crippen LogP contribution in [0.2, 0.25) is 0 Å². The summed E-state index contributed by atoms with van der Waals surface area (Å²) in [4.78, 5) is 17.8. The number of aromatic amines is 1. The summed E-state index contributed by atoms with van der Waals surface area (Å²) in [5.74, 6) is 0.782. The number of nitrogens with one attached hydrogen (secondary N) is 2. The Morgan fingerprint density at radius 2 is 1.90 bits per heavy atom. The van der Waals surface area contributed by atoms with Gasteiger partial charge in [-0.25, -0.2) is 0 Å². The molecule has 0 bridgehead atoms. The highest BCUT2D eigenvalue weighted by Crippen LogP contribution is 2.18. The van der Waals surface area contributed by atoms with Gasteiger partial charge in [-0.15, -0.1) is 0 Å². The Morgan fingerprint density at radius 1 is 1.10 bits per heavy atom. The number of thiocarbonyl (C=S) groups is 1. The van der Waals surface area contributed by atoms with Gasteiger partial charge >= 0.3 is 0 Å². The number of H-pyrrole nitrogens is 1. The highest BCUT2D eigenvalue weighted by atomic mass is 32.1. The molecule has 0 amide bonds. The molecular formula is C25H25N3O2S. The lowest BCUT2D eigenvalue weighted by Gasteiger charge is -2.27. The van der Waals surface area contributed by atoms with Crippen LogP contribution in [-0.2, 0) is 13.1 Å². The lowest BCUT2D eigenvalue weighted by Crippen LogP contribution is -2.41. The van der Waals surface area contributed by atoms with Crippen molar-refractivity contribution in [2.45, 2.75) is 33.0 Å². The second kappa shape index (κ2) is 9.18. The first-order chi connectivity index (χ1) is 15.0. The zero-order chi connectivity index (χ0) is 21.8. The molecule has 6 heteroatoms. The molecule has 0 radical (unpaired) electrons. The summed E-state index contributed by atoms with van der Waals surface area (Å²) in [6.07, 6.45) is 1.64. The maximum absolute atomic E-state index is 12.8. The predicted molar refractivity (Wildman–Crippen MR) is 128 cm³/mol. The van der Waals surface area contributed by atoms with Gasteiger partial charge in [-0.05, 0) is 60.8 Å². The van der Waals surface area contributed by atoms with Crippen molar-refractivity contribution in [3.8, 4) is 0 Å². The lowest BCUT2D eigenvalue weighted by molar-refractivity contribution is 0.347. The molecule has 0 unspecified atom stereocenters. The summed E-state index contributed by atoms with van der Waals surface area (Å²) in [6, 6.07) is 21.9. The van der Waals surface area contributed by atoms with Crippen molar-refractivity contribution in [3.05, 3.63) is 106 Å². The number of nitrogens with zero attached hydrogens (tertiary/aromatic N) is 1. The fraction of sp³-hybridized carbons (Fsp3) is 0.200. The number of para-hydroxylation sites is 1. The summed E-state index contributed by atoms with van der Waals surface area (Å²) in [5.41, 5.74) is 3.60. The zero-order valence-electron chi connectivity index (χ0n) is 17.6. The highest BCUT2D eigenvalue weighted by Gasteiger charge is 2.17. The molecule has 4 aromatic rings. The van der Waals surface area contributed by atoms with Crippen LogP contribution >= 0.6 is 12.2 Å². The number of aromatic nitrogens is 1. The monoisotopic (exact) mass is 431 g/mol. The largest absolute Gasteiger partial charge is 0.467 e. The van der Waals surface area contributed by atoms with Gasteiger partial charge in [0.1, 0.15) is 5.76 Å². The van der Waals surface area contributed by atoms with E-state index in [-0.39, 0.29) is 11.6 Å². The second-order valence-electron chi connectivity index (χ2n) is 7.68. The molecule has 2 heterocycles. The van der Waals surface area contributed by atoms with Crippen LogP contribution in [0, 0.1) is 6.92 Å². The van der Waals surface area contributed by atoms with Gasteiger partial charge in [0.25, 0.3) is 5.56 Å². The van der Waals surface area contributed by atoms with Crippen molar-refractivity contribution >= 4 is 28.2 Å². The van der Waals surface area contributed by atoms with Crippen LogP contribution in [-0.4, -0.2) is 15.0 Å². The summed E-state index contributed by atoms with van der Waals surface area (Å²) in [6.45, 7) is 4.89. The molecule has 0 aliphatic heterocycles. The van der Waals surface area contributed by atoms with E-state index >= 15 is 0 Å². The number of hydrogen-bond donors (Lipinski definition) is 2. The van der Waals surface area contributed by atoms with Crippen LogP contribution in [0.4, 0.5) is 0 Å². The van der Waals surface area contributed by atoms with Crippen molar-refractivity contribution in [3.63, 3.8) is 0 Å². The van der Waals surface area contributed by atoms with E-state index in [4.69, 9.17) is 16.6 Å². The number of fused-ring (bicyclic) bond motifs is 1. The molecule has 0 fully saturated rings. The number of furan rings is 1. The van der Waals surface area contributed by atoms with E-state index in [0.29, 0.717) is 23.8 Å². The van der Waals surface area contributed by atoms with Gasteiger partial charge in [0.2, 0.25) is 0 Å². The van der Waals surface area contributed by atoms with Crippen molar-refractivity contribution in [2.24, 2.45) is 0 Å². The van der Waals surface area contributed by atoms with Crippen molar-refractivity contribution in [1.29, 1.82) is 0 Å². The van der Waals surface area contributed by atoms with E-state index < -0.39 is 0 Å². The molecule has 5 nitrogen and oxygen atoms in total. The third kappa shape index (κ3) is 4.86. The van der Waals surface area contributed by atoms with Gasteiger partial charge < -0.3 is 19.6 Å². The Bertz CT molecular complexity index is 1230. The number of aryl methyl sites for hydroxylation is 1. The lowest BCUT2D eigenvalue weighted by atomic mass is 10.1. The normalized spacial score (nSPS) is 11.9. The van der Waals surface area contributed by atoms with E-state index in [1.165, 1.54) is 0 Å². The van der Waals surface area contributed by atoms with Crippen LogP contribution < -0.4 is 10.9 Å². The van der Waals surface area contributed by atoms with Crippen LogP contribution in [0.1, 0.15) is 35.4 Å². The zero-order valence-corrected chi connectivity index (χ0v) is 18.4. The number of rotatable bonds is 6. The smallest absolute Gasteiger partial charge is 0.253 e. The molecule has 0 aliphatic carbocycles. The summed E-state index contributed by atoms with van der Waals surface area (Å²) in [7, 11) is 0. The van der Waals surface area contributed by atoms with Crippen LogP contribution in [0.5, 0.6) is 0 Å². The molecule has 2 aromatic heterocycles. The van der Waals surface area contributed by atoms with Gasteiger partial charge in [0.05, 0.1) is 30.9 Å². The van der Waals surface area contributed by atoms with E-state index in [0.717, 1.165) is 27.8 Å². The number of benzene rings is 2. The van der Waals surface area contributed by atoms with E-state index in [1.807, 2.05) is 66.4 Å². The minimum Gasteiger partial charge on any atom is -0.467 e. The predicted octanol–water partition coefficient (Wildman–Crippen LogP) is 5.07. The van der Waals surface area contributed by atoms with E-state index in [1.54, 1.807) is 6.26 Å². The highest BCUT2D eigenvalue weighted by molar-refractivity contribution is 7.80. The number of hydrogen-bond acceptors (Lipinski definition) is 3.